The van der Waals surface area contributed by atoms with Crippen LogP contribution in [0, 0.1) is 17.8 Å². The van der Waals surface area contributed by atoms with Crippen LogP contribution in [0.3, 0.4) is 0 Å². The van der Waals surface area contributed by atoms with E-state index in [0.29, 0.717) is 6.04 Å². The van der Waals surface area contributed by atoms with E-state index in [-0.39, 0.29) is 0 Å². The Morgan fingerprint density at radius 3 is 2.16 bits per heavy atom. The summed E-state index contributed by atoms with van der Waals surface area (Å²) in [5.41, 5.74) is 3.20. The predicted octanol–water partition coefficient (Wildman–Crippen LogP) is 4.40. The summed E-state index contributed by atoms with van der Waals surface area (Å²) in [4.78, 5) is 0. The summed E-state index contributed by atoms with van der Waals surface area (Å²) in [5.74, 6) is 8.62. The van der Waals surface area contributed by atoms with E-state index in [1.807, 2.05) is 0 Å². The second kappa shape index (κ2) is 8.26. The number of nitrogens with one attached hydrogen (secondary N) is 1. The fourth-order valence-corrected chi connectivity index (χ4v) is 4.48. The Morgan fingerprint density at radius 1 is 0.947 bits per heavy atom. The third-order valence-corrected chi connectivity index (χ3v) is 5.72. The number of hydrogen-bond donors (Lipinski definition) is 2. The van der Waals surface area contributed by atoms with E-state index < -0.39 is 0 Å². The molecule has 0 aromatic rings. The van der Waals surface area contributed by atoms with Gasteiger partial charge < -0.3 is 0 Å². The first-order valence-electron chi connectivity index (χ1n) is 8.81. The van der Waals surface area contributed by atoms with Crippen LogP contribution >= 0.6 is 0 Å². The van der Waals surface area contributed by atoms with Gasteiger partial charge in [0.15, 0.2) is 0 Å². The van der Waals surface area contributed by atoms with E-state index in [1.54, 1.807) is 0 Å². The van der Waals surface area contributed by atoms with E-state index in [4.69, 9.17) is 5.84 Å². The van der Waals surface area contributed by atoms with Gasteiger partial charge >= 0.3 is 0 Å². The zero-order valence-corrected chi connectivity index (χ0v) is 12.9. The summed E-state index contributed by atoms with van der Waals surface area (Å²) in [6.07, 6.45) is 17.1. The molecule has 0 amide bonds. The van der Waals surface area contributed by atoms with Crippen molar-refractivity contribution < 1.29 is 0 Å². The van der Waals surface area contributed by atoms with Crippen molar-refractivity contribution in [2.24, 2.45) is 23.6 Å². The van der Waals surface area contributed by atoms with E-state index in [0.717, 1.165) is 17.8 Å². The van der Waals surface area contributed by atoms with Gasteiger partial charge in [-0.3, -0.25) is 11.3 Å². The Morgan fingerprint density at radius 2 is 1.58 bits per heavy atom. The molecule has 112 valence electrons. The smallest absolute Gasteiger partial charge is 0.0266 e. The highest BCUT2D eigenvalue weighted by Gasteiger charge is 2.32. The minimum absolute atomic E-state index is 0.604. The van der Waals surface area contributed by atoms with Crippen molar-refractivity contribution in [3.05, 3.63) is 0 Å². The van der Waals surface area contributed by atoms with Crippen LogP contribution in [0.1, 0.15) is 84.0 Å². The molecule has 0 aromatic carbocycles. The molecule has 0 radical (unpaired) electrons. The number of rotatable bonds is 6. The summed E-state index contributed by atoms with van der Waals surface area (Å²) in [6, 6.07) is 0.604. The fraction of sp³-hybridized carbons (Fsp3) is 1.00. The first-order valence-corrected chi connectivity index (χ1v) is 8.81. The van der Waals surface area contributed by atoms with Crippen LogP contribution in [0.15, 0.2) is 0 Å². The second-order valence-electron chi connectivity index (χ2n) is 7.01. The van der Waals surface area contributed by atoms with Gasteiger partial charge in [-0.2, -0.15) is 0 Å². The van der Waals surface area contributed by atoms with Crippen molar-refractivity contribution in [1.82, 2.24) is 5.43 Å². The lowest BCUT2D eigenvalue weighted by atomic mass is 9.71. The molecule has 2 aliphatic rings. The van der Waals surface area contributed by atoms with Gasteiger partial charge in [0.05, 0.1) is 0 Å². The molecule has 2 saturated carbocycles. The molecule has 0 spiro atoms. The van der Waals surface area contributed by atoms with Crippen molar-refractivity contribution in [2.45, 2.75) is 90.0 Å². The molecule has 2 heteroatoms. The fourth-order valence-electron chi connectivity index (χ4n) is 4.48. The Bertz CT molecular complexity index is 227. The van der Waals surface area contributed by atoms with Crippen LogP contribution in [0.5, 0.6) is 0 Å². The highest BCUT2D eigenvalue weighted by atomic mass is 15.2. The summed E-state index contributed by atoms with van der Waals surface area (Å²) in [5, 5.41) is 0. The average Bonchev–Trinajstić information content (AvgIpc) is 2.48. The second-order valence-corrected chi connectivity index (χ2v) is 7.01. The first-order chi connectivity index (χ1) is 9.35. The zero-order chi connectivity index (χ0) is 13.5. The largest absolute Gasteiger partial charge is 0.271 e. The lowest BCUT2D eigenvalue weighted by Crippen LogP contribution is -2.47. The molecule has 2 fully saturated rings. The first kappa shape index (κ1) is 15.3. The van der Waals surface area contributed by atoms with Gasteiger partial charge in [0.1, 0.15) is 0 Å². The highest BCUT2D eigenvalue weighted by Crippen LogP contribution is 2.38. The van der Waals surface area contributed by atoms with Gasteiger partial charge in [-0.1, -0.05) is 58.3 Å². The normalized spacial score (nSPS) is 31.3. The monoisotopic (exact) mass is 266 g/mol. The van der Waals surface area contributed by atoms with Gasteiger partial charge in [0.2, 0.25) is 0 Å². The van der Waals surface area contributed by atoms with Crippen LogP contribution in [0.25, 0.3) is 0 Å². The molecular weight excluding hydrogens is 232 g/mol. The molecule has 0 saturated heterocycles. The molecule has 2 nitrogen and oxygen atoms in total. The maximum Gasteiger partial charge on any atom is 0.0266 e. The minimum Gasteiger partial charge on any atom is -0.271 e. The molecule has 0 aliphatic heterocycles. The Balaban J connectivity index is 1.77. The van der Waals surface area contributed by atoms with Crippen molar-refractivity contribution in [3.8, 4) is 0 Å². The standard InChI is InChI=1S/C17H34N2/c1-2-3-7-14-10-12-16(13-11-14)17(19-18)15-8-5-4-6-9-15/h14-17,19H,2-13,18H2,1H3. The van der Waals surface area contributed by atoms with Crippen LogP contribution < -0.4 is 11.3 Å². The third-order valence-electron chi connectivity index (χ3n) is 5.72. The van der Waals surface area contributed by atoms with Crippen molar-refractivity contribution in [2.75, 3.05) is 0 Å². The van der Waals surface area contributed by atoms with Gasteiger partial charge in [-0.25, -0.2) is 0 Å². The Hall–Kier alpha value is -0.0800. The number of hydrazine groups is 1. The maximum absolute atomic E-state index is 5.90. The van der Waals surface area contributed by atoms with Gasteiger partial charge in [0, 0.05) is 6.04 Å². The number of hydrogen-bond acceptors (Lipinski definition) is 2. The predicted molar refractivity (Wildman–Crippen MR) is 82.7 cm³/mol. The Kier molecular flexibility index (Phi) is 6.66. The summed E-state index contributed by atoms with van der Waals surface area (Å²) in [7, 11) is 0. The third kappa shape index (κ3) is 4.46. The highest BCUT2D eigenvalue weighted by molar-refractivity contribution is 4.86. The summed E-state index contributed by atoms with van der Waals surface area (Å²) >= 11 is 0. The molecule has 2 rings (SSSR count). The van der Waals surface area contributed by atoms with Crippen LogP contribution in [0.2, 0.25) is 0 Å². The number of nitrogens with two attached hydrogens (primary N) is 1. The molecule has 1 atom stereocenters. The van der Waals surface area contributed by atoms with Gasteiger partial charge in [-0.05, 0) is 43.4 Å². The molecule has 0 heterocycles. The molecule has 2 aliphatic carbocycles. The molecule has 0 bridgehead atoms. The van der Waals surface area contributed by atoms with Crippen molar-refractivity contribution >= 4 is 0 Å². The maximum atomic E-state index is 5.90. The van der Waals surface area contributed by atoms with E-state index in [2.05, 4.69) is 12.3 Å². The molecule has 19 heavy (non-hydrogen) atoms. The van der Waals surface area contributed by atoms with Gasteiger partial charge in [0.25, 0.3) is 0 Å². The van der Waals surface area contributed by atoms with E-state index >= 15 is 0 Å². The van der Waals surface area contributed by atoms with E-state index in [9.17, 15) is 0 Å². The van der Waals surface area contributed by atoms with E-state index in [1.165, 1.54) is 77.0 Å². The summed E-state index contributed by atoms with van der Waals surface area (Å²) < 4.78 is 0. The Labute approximate surface area is 119 Å². The van der Waals surface area contributed by atoms with Crippen LogP contribution in [0.4, 0.5) is 0 Å². The SMILES string of the molecule is CCCCC1CCC(C(NN)C2CCCCC2)CC1. The molecule has 1 unspecified atom stereocenters. The lowest BCUT2D eigenvalue weighted by Gasteiger charge is -2.39. The summed E-state index contributed by atoms with van der Waals surface area (Å²) in [6.45, 7) is 2.31. The molecule has 0 aromatic heterocycles. The van der Waals surface area contributed by atoms with Crippen LogP contribution in [-0.4, -0.2) is 6.04 Å². The van der Waals surface area contributed by atoms with Crippen molar-refractivity contribution in [1.29, 1.82) is 0 Å². The molecule has 3 N–H and O–H groups in total. The average molecular weight is 266 g/mol. The van der Waals surface area contributed by atoms with Gasteiger partial charge in [-0.15, -0.1) is 0 Å². The number of unbranched alkanes of at least 4 members (excludes halogenated alkanes) is 1. The topological polar surface area (TPSA) is 38.0 Å². The van der Waals surface area contributed by atoms with Crippen LogP contribution in [-0.2, 0) is 0 Å². The van der Waals surface area contributed by atoms with Crippen molar-refractivity contribution in [3.63, 3.8) is 0 Å². The minimum atomic E-state index is 0.604. The molecular formula is C17H34N2. The quantitative estimate of drug-likeness (QED) is 0.552. The lowest BCUT2D eigenvalue weighted by molar-refractivity contribution is 0.150. The zero-order valence-electron chi connectivity index (χ0n) is 12.9.